The Balaban J connectivity index is 2.11. The molecular weight excluding hydrogens is 330 g/mol. The maximum Gasteiger partial charge on any atom is 0.0693 e. The average Bonchev–Trinajstić information content (AvgIpc) is 2.90. The van der Waals surface area contributed by atoms with Gasteiger partial charge in [0.25, 0.3) is 0 Å². The predicted molar refractivity (Wildman–Crippen MR) is 88.1 cm³/mol. The lowest BCUT2D eigenvalue weighted by atomic mass is 10.0. The van der Waals surface area contributed by atoms with Gasteiger partial charge in [-0.05, 0) is 54.6 Å². The Hall–Kier alpha value is -1.14. The van der Waals surface area contributed by atoms with Gasteiger partial charge in [-0.2, -0.15) is 10.2 Å². The van der Waals surface area contributed by atoms with Crippen LogP contribution in [0.2, 0.25) is 0 Å². The largest absolute Gasteiger partial charge is 0.323 e. The smallest absolute Gasteiger partial charge is 0.0693 e. The van der Waals surface area contributed by atoms with E-state index in [-0.39, 0.29) is 6.04 Å². The maximum absolute atomic E-state index is 6.41. The quantitative estimate of drug-likeness (QED) is 0.867. The Kier molecular flexibility index (Phi) is 5.22. The summed E-state index contributed by atoms with van der Waals surface area (Å²) in [6, 6.07) is -0.0209. The third-order valence-electron chi connectivity index (χ3n) is 3.98. The molecule has 0 amide bonds. The molecule has 2 aromatic heterocycles. The fraction of sp³-hybridized carbons (Fsp3) is 0.600. The lowest BCUT2D eigenvalue weighted by Gasteiger charge is -2.15. The molecule has 1 atom stereocenters. The van der Waals surface area contributed by atoms with Crippen LogP contribution < -0.4 is 5.73 Å². The molecule has 1 unspecified atom stereocenters. The number of aromatic nitrogens is 4. The van der Waals surface area contributed by atoms with Crippen LogP contribution in [0.5, 0.6) is 0 Å². The molecule has 0 aromatic carbocycles. The van der Waals surface area contributed by atoms with Gasteiger partial charge in [0.05, 0.1) is 22.1 Å². The first kappa shape index (κ1) is 16.2. The number of nitrogens with zero attached hydrogens (tertiary/aromatic N) is 4. The molecule has 2 heterocycles. The van der Waals surface area contributed by atoms with Crippen molar-refractivity contribution >= 4 is 15.9 Å². The van der Waals surface area contributed by atoms with E-state index in [9.17, 15) is 0 Å². The number of hydrogen-bond acceptors (Lipinski definition) is 3. The van der Waals surface area contributed by atoms with Crippen LogP contribution in [-0.2, 0) is 20.0 Å². The summed E-state index contributed by atoms with van der Waals surface area (Å²) in [5.74, 6) is 0. The van der Waals surface area contributed by atoms with Gasteiger partial charge >= 0.3 is 0 Å². The fourth-order valence-electron chi connectivity index (χ4n) is 2.75. The molecule has 21 heavy (non-hydrogen) atoms. The van der Waals surface area contributed by atoms with Gasteiger partial charge in [-0.25, -0.2) is 0 Å². The van der Waals surface area contributed by atoms with Crippen LogP contribution in [0.15, 0.2) is 10.7 Å². The van der Waals surface area contributed by atoms with Crippen LogP contribution in [0.25, 0.3) is 0 Å². The Bertz CT molecular complexity index is 614. The Labute approximate surface area is 134 Å². The molecule has 0 spiro atoms. The van der Waals surface area contributed by atoms with Gasteiger partial charge in [-0.1, -0.05) is 6.92 Å². The van der Waals surface area contributed by atoms with E-state index in [2.05, 4.69) is 46.9 Å². The standard InChI is InChI=1S/C15H24BrN5/c1-5-8-21-15(13(16)9-18-21)14(17)7-6-12-10(2)19-20(4)11(12)3/h9,14H,5-8,17H2,1-4H3. The zero-order valence-corrected chi connectivity index (χ0v) is 14.8. The summed E-state index contributed by atoms with van der Waals surface area (Å²) in [5.41, 5.74) is 11.1. The predicted octanol–water partition coefficient (Wildman–Crippen LogP) is 3.04. The number of hydrogen-bond donors (Lipinski definition) is 1. The Morgan fingerprint density at radius 2 is 2.10 bits per heavy atom. The molecular formula is C15H24BrN5. The minimum absolute atomic E-state index is 0.0209. The Morgan fingerprint density at radius 1 is 1.38 bits per heavy atom. The van der Waals surface area contributed by atoms with Gasteiger partial charge in [0.2, 0.25) is 0 Å². The third kappa shape index (κ3) is 3.37. The SMILES string of the molecule is CCCn1ncc(Br)c1C(N)CCc1c(C)nn(C)c1C. The van der Waals surface area contributed by atoms with Crippen LogP contribution in [-0.4, -0.2) is 19.6 Å². The van der Waals surface area contributed by atoms with E-state index >= 15 is 0 Å². The van der Waals surface area contributed by atoms with Crippen LogP contribution in [0.4, 0.5) is 0 Å². The minimum atomic E-state index is -0.0209. The highest BCUT2D eigenvalue weighted by atomic mass is 79.9. The van der Waals surface area contributed by atoms with Crippen molar-refractivity contribution in [2.75, 3.05) is 0 Å². The normalized spacial score (nSPS) is 12.9. The molecule has 0 fully saturated rings. The van der Waals surface area contributed by atoms with Gasteiger partial charge in [-0.3, -0.25) is 9.36 Å². The molecule has 0 saturated carbocycles. The number of rotatable bonds is 6. The molecule has 2 aromatic rings. The van der Waals surface area contributed by atoms with E-state index < -0.39 is 0 Å². The zero-order valence-electron chi connectivity index (χ0n) is 13.2. The molecule has 0 radical (unpaired) electrons. The van der Waals surface area contributed by atoms with Crippen molar-refractivity contribution < 1.29 is 0 Å². The molecule has 0 bridgehead atoms. The molecule has 2 rings (SSSR count). The average molecular weight is 354 g/mol. The lowest BCUT2D eigenvalue weighted by Crippen LogP contribution is -2.18. The van der Waals surface area contributed by atoms with E-state index in [0.717, 1.165) is 41.7 Å². The first-order chi connectivity index (χ1) is 9.95. The van der Waals surface area contributed by atoms with Crippen molar-refractivity contribution in [3.63, 3.8) is 0 Å². The van der Waals surface area contributed by atoms with Crippen LogP contribution in [0.3, 0.4) is 0 Å². The van der Waals surface area contributed by atoms with Crippen LogP contribution >= 0.6 is 15.9 Å². The summed E-state index contributed by atoms with van der Waals surface area (Å²) in [6.07, 6.45) is 4.72. The Morgan fingerprint density at radius 3 is 2.67 bits per heavy atom. The highest BCUT2D eigenvalue weighted by Gasteiger charge is 2.18. The summed E-state index contributed by atoms with van der Waals surface area (Å²) < 4.78 is 4.95. The van der Waals surface area contributed by atoms with Crippen molar-refractivity contribution in [1.29, 1.82) is 0 Å². The lowest BCUT2D eigenvalue weighted by molar-refractivity contribution is 0.521. The van der Waals surface area contributed by atoms with Crippen molar-refractivity contribution in [1.82, 2.24) is 19.6 Å². The van der Waals surface area contributed by atoms with Gasteiger partial charge in [0, 0.05) is 25.3 Å². The maximum atomic E-state index is 6.41. The molecule has 5 nitrogen and oxygen atoms in total. The van der Waals surface area contributed by atoms with Crippen molar-refractivity contribution in [3.05, 3.63) is 33.3 Å². The first-order valence-electron chi connectivity index (χ1n) is 7.41. The third-order valence-corrected chi connectivity index (χ3v) is 4.60. The highest BCUT2D eigenvalue weighted by molar-refractivity contribution is 9.10. The van der Waals surface area contributed by atoms with Gasteiger partial charge in [0.15, 0.2) is 0 Å². The monoisotopic (exact) mass is 353 g/mol. The molecule has 0 saturated heterocycles. The molecule has 0 aliphatic heterocycles. The summed E-state index contributed by atoms with van der Waals surface area (Å²) >= 11 is 3.57. The fourth-order valence-corrected chi connectivity index (χ4v) is 3.34. The summed E-state index contributed by atoms with van der Waals surface area (Å²) in [5, 5.41) is 8.86. The minimum Gasteiger partial charge on any atom is -0.323 e. The number of halogens is 1. The van der Waals surface area contributed by atoms with Gasteiger partial charge < -0.3 is 5.73 Å². The van der Waals surface area contributed by atoms with E-state index in [1.807, 2.05) is 22.6 Å². The van der Waals surface area contributed by atoms with Gasteiger partial charge in [-0.15, -0.1) is 0 Å². The van der Waals surface area contributed by atoms with E-state index in [1.165, 1.54) is 11.3 Å². The summed E-state index contributed by atoms with van der Waals surface area (Å²) in [7, 11) is 1.98. The number of aryl methyl sites for hydroxylation is 3. The van der Waals surface area contributed by atoms with E-state index in [1.54, 1.807) is 0 Å². The van der Waals surface area contributed by atoms with Crippen molar-refractivity contribution in [2.24, 2.45) is 12.8 Å². The molecule has 2 N–H and O–H groups in total. The summed E-state index contributed by atoms with van der Waals surface area (Å²) in [4.78, 5) is 0. The van der Waals surface area contributed by atoms with Crippen molar-refractivity contribution in [2.45, 2.75) is 52.6 Å². The number of nitrogens with two attached hydrogens (primary N) is 1. The van der Waals surface area contributed by atoms with E-state index in [4.69, 9.17) is 5.73 Å². The zero-order chi connectivity index (χ0) is 15.6. The van der Waals surface area contributed by atoms with Crippen molar-refractivity contribution in [3.8, 4) is 0 Å². The second-order valence-corrected chi connectivity index (χ2v) is 6.37. The second-order valence-electron chi connectivity index (χ2n) is 5.52. The molecule has 6 heteroatoms. The van der Waals surface area contributed by atoms with Crippen LogP contribution in [0.1, 0.15) is 48.5 Å². The molecule has 0 aliphatic rings. The second kappa shape index (κ2) is 6.75. The topological polar surface area (TPSA) is 61.7 Å². The highest BCUT2D eigenvalue weighted by Crippen LogP contribution is 2.26. The van der Waals surface area contributed by atoms with Crippen LogP contribution in [0, 0.1) is 13.8 Å². The van der Waals surface area contributed by atoms with Gasteiger partial charge in [0.1, 0.15) is 0 Å². The molecule has 116 valence electrons. The van der Waals surface area contributed by atoms with E-state index in [0.29, 0.717) is 0 Å². The summed E-state index contributed by atoms with van der Waals surface area (Å²) in [6.45, 7) is 7.22. The first-order valence-corrected chi connectivity index (χ1v) is 8.20. The molecule has 0 aliphatic carbocycles.